The fourth-order valence-corrected chi connectivity index (χ4v) is 4.80. The number of rotatable bonds is 6. The molecule has 4 nitrogen and oxygen atoms in total. The number of thioether (sulfide) groups is 2. The van der Waals surface area contributed by atoms with E-state index in [1.165, 1.54) is 56.7 Å². The summed E-state index contributed by atoms with van der Waals surface area (Å²) in [5, 5.41) is 7.04. The highest BCUT2D eigenvalue weighted by atomic mass is 32.2. The summed E-state index contributed by atoms with van der Waals surface area (Å²) in [4.78, 5) is 7.15. The lowest BCUT2D eigenvalue weighted by Gasteiger charge is -2.48. The molecule has 0 aromatic carbocycles. The van der Waals surface area contributed by atoms with E-state index in [0.717, 1.165) is 24.8 Å². The van der Waals surface area contributed by atoms with Crippen molar-refractivity contribution >= 4 is 29.5 Å². The van der Waals surface area contributed by atoms with Crippen LogP contribution in [0.2, 0.25) is 0 Å². The first-order chi connectivity index (χ1) is 10.8. The fraction of sp³-hybridized carbons (Fsp3) is 0.938. The molecular weight excluding hydrogens is 312 g/mol. The van der Waals surface area contributed by atoms with Gasteiger partial charge < -0.3 is 10.6 Å². The van der Waals surface area contributed by atoms with Crippen LogP contribution in [0.1, 0.15) is 32.1 Å². The molecule has 2 fully saturated rings. The molecule has 0 amide bonds. The van der Waals surface area contributed by atoms with Crippen LogP contribution in [-0.2, 0) is 0 Å². The average molecular weight is 345 g/mol. The molecule has 1 aliphatic carbocycles. The van der Waals surface area contributed by atoms with Crippen LogP contribution in [0.4, 0.5) is 0 Å². The van der Waals surface area contributed by atoms with Gasteiger partial charge in [0.25, 0.3) is 0 Å². The quantitative estimate of drug-likeness (QED) is 0.439. The summed E-state index contributed by atoms with van der Waals surface area (Å²) >= 11 is 3.97. The van der Waals surface area contributed by atoms with Crippen LogP contribution in [0.15, 0.2) is 4.99 Å². The van der Waals surface area contributed by atoms with Gasteiger partial charge in [-0.15, -0.1) is 0 Å². The Hall–Kier alpha value is -0.0700. The smallest absolute Gasteiger partial charge is 0.191 e. The Morgan fingerprint density at radius 3 is 2.55 bits per heavy atom. The van der Waals surface area contributed by atoms with Crippen LogP contribution in [-0.4, -0.2) is 73.1 Å². The Morgan fingerprint density at radius 1 is 1.18 bits per heavy atom. The van der Waals surface area contributed by atoms with Crippen LogP contribution in [0.5, 0.6) is 0 Å². The normalized spacial score (nSPS) is 23.3. The molecule has 128 valence electrons. The highest BCUT2D eigenvalue weighted by molar-refractivity contribution is 7.99. The lowest BCUT2D eigenvalue weighted by Crippen LogP contribution is -2.59. The van der Waals surface area contributed by atoms with Gasteiger partial charge in [0.2, 0.25) is 0 Å². The molecule has 2 N–H and O–H groups in total. The van der Waals surface area contributed by atoms with Gasteiger partial charge in [-0.05, 0) is 19.1 Å². The van der Waals surface area contributed by atoms with E-state index in [1.807, 2.05) is 18.8 Å². The zero-order valence-corrected chi connectivity index (χ0v) is 15.8. The molecule has 0 radical (unpaired) electrons. The molecule has 0 spiro atoms. The molecule has 22 heavy (non-hydrogen) atoms. The van der Waals surface area contributed by atoms with E-state index in [9.17, 15) is 0 Å². The Labute approximate surface area is 144 Å². The molecule has 0 bridgehead atoms. The minimum absolute atomic E-state index is 0.357. The number of nitrogens with zero attached hydrogens (tertiary/aromatic N) is 2. The largest absolute Gasteiger partial charge is 0.356 e. The number of nitrogens with one attached hydrogen (secondary N) is 2. The maximum atomic E-state index is 4.38. The topological polar surface area (TPSA) is 39.7 Å². The number of aliphatic imine (C=N–C) groups is 1. The van der Waals surface area contributed by atoms with E-state index in [1.54, 1.807) is 0 Å². The van der Waals surface area contributed by atoms with Crippen molar-refractivity contribution in [3.05, 3.63) is 0 Å². The van der Waals surface area contributed by atoms with Crippen molar-refractivity contribution in [3.63, 3.8) is 0 Å². The molecule has 1 saturated heterocycles. The van der Waals surface area contributed by atoms with Crippen molar-refractivity contribution in [1.82, 2.24) is 15.5 Å². The SMILES string of the molecule is CN=C(NCCSC)NCC1(N2CCSCC2)CCCCC1. The molecular formula is C16H32N4S2. The van der Waals surface area contributed by atoms with Crippen LogP contribution < -0.4 is 10.6 Å². The van der Waals surface area contributed by atoms with Gasteiger partial charge in [0.15, 0.2) is 5.96 Å². The molecule has 0 unspecified atom stereocenters. The second kappa shape index (κ2) is 9.93. The van der Waals surface area contributed by atoms with Crippen molar-refractivity contribution < 1.29 is 0 Å². The van der Waals surface area contributed by atoms with Crippen molar-refractivity contribution in [1.29, 1.82) is 0 Å². The summed E-state index contributed by atoms with van der Waals surface area (Å²) < 4.78 is 0. The van der Waals surface area contributed by atoms with E-state index >= 15 is 0 Å². The second-order valence-electron chi connectivity index (χ2n) is 6.23. The molecule has 0 aromatic heterocycles. The molecule has 1 heterocycles. The van der Waals surface area contributed by atoms with Crippen LogP contribution in [0.25, 0.3) is 0 Å². The Kier molecular flexibility index (Phi) is 8.25. The predicted molar refractivity (Wildman–Crippen MR) is 102 cm³/mol. The second-order valence-corrected chi connectivity index (χ2v) is 8.44. The summed E-state index contributed by atoms with van der Waals surface area (Å²) in [6.07, 6.45) is 8.99. The predicted octanol–water partition coefficient (Wildman–Crippen LogP) is 2.27. The first kappa shape index (κ1) is 18.3. The van der Waals surface area contributed by atoms with E-state index in [0.29, 0.717) is 5.54 Å². The number of hydrogen-bond acceptors (Lipinski definition) is 4. The van der Waals surface area contributed by atoms with E-state index in [-0.39, 0.29) is 0 Å². The fourth-order valence-electron chi connectivity index (χ4n) is 3.59. The third-order valence-electron chi connectivity index (χ3n) is 4.87. The number of guanidine groups is 1. The highest BCUT2D eigenvalue weighted by Crippen LogP contribution is 2.34. The van der Waals surface area contributed by atoms with Gasteiger partial charge in [-0.1, -0.05) is 19.3 Å². The molecule has 1 saturated carbocycles. The molecule has 6 heteroatoms. The van der Waals surface area contributed by atoms with Crippen molar-refractivity contribution in [2.45, 2.75) is 37.6 Å². The van der Waals surface area contributed by atoms with Gasteiger partial charge in [0.1, 0.15) is 0 Å². The van der Waals surface area contributed by atoms with E-state index in [4.69, 9.17) is 0 Å². The minimum Gasteiger partial charge on any atom is -0.356 e. The highest BCUT2D eigenvalue weighted by Gasteiger charge is 2.38. The summed E-state index contributed by atoms with van der Waals surface area (Å²) in [5.74, 6) is 4.67. The zero-order valence-electron chi connectivity index (χ0n) is 14.2. The van der Waals surface area contributed by atoms with Gasteiger partial charge in [0, 0.05) is 56.0 Å². The summed E-state index contributed by atoms with van der Waals surface area (Å²) in [6, 6.07) is 0. The molecule has 0 aromatic rings. The maximum Gasteiger partial charge on any atom is 0.191 e. The third-order valence-corrected chi connectivity index (χ3v) is 6.43. The molecule has 1 aliphatic heterocycles. The maximum absolute atomic E-state index is 4.38. The van der Waals surface area contributed by atoms with Gasteiger partial charge in [-0.25, -0.2) is 0 Å². The molecule has 2 aliphatic rings. The van der Waals surface area contributed by atoms with Crippen molar-refractivity contribution in [2.24, 2.45) is 4.99 Å². The minimum atomic E-state index is 0.357. The van der Waals surface area contributed by atoms with E-state index < -0.39 is 0 Å². The van der Waals surface area contributed by atoms with Crippen LogP contribution in [0, 0.1) is 0 Å². The van der Waals surface area contributed by atoms with Crippen molar-refractivity contribution in [3.8, 4) is 0 Å². The van der Waals surface area contributed by atoms with Gasteiger partial charge >= 0.3 is 0 Å². The first-order valence-electron chi connectivity index (χ1n) is 8.57. The van der Waals surface area contributed by atoms with Crippen LogP contribution >= 0.6 is 23.5 Å². The van der Waals surface area contributed by atoms with Gasteiger partial charge in [0.05, 0.1) is 0 Å². The van der Waals surface area contributed by atoms with Gasteiger partial charge in [-0.2, -0.15) is 23.5 Å². The summed E-state index contributed by atoms with van der Waals surface area (Å²) in [5.41, 5.74) is 0.357. The Bertz CT molecular complexity index is 337. The Balaban J connectivity index is 1.91. The van der Waals surface area contributed by atoms with Gasteiger partial charge in [-0.3, -0.25) is 9.89 Å². The van der Waals surface area contributed by atoms with Crippen LogP contribution in [0.3, 0.4) is 0 Å². The standard InChI is InChI=1S/C16H32N4S2/c1-17-15(18-8-11-21-2)19-14-16(6-4-3-5-7-16)20-9-12-22-13-10-20/h3-14H2,1-2H3,(H2,17,18,19). The summed E-state index contributed by atoms with van der Waals surface area (Å²) in [7, 11) is 1.87. The first-order valence-corrected chi connectivity index (χ1v) is 11.1. The van der Waals surface area contributed by atoms with Crippen molar-refractivity contribution in [2.75, 3.05) is 56.7 Å². The van der Waals surface area contributed by atoms with E-state index in [2.05, 4.69) is 38.5 Å². The third kappa shape index (κ3) is 5.24. The monoisotopic (exact) mass is 344 g/mol. The molecule has 0 atom stereocenters. The lowest BCUT2D eigenvalue weighted by atomic mass is 9.80. The summed E-state index contributed by atoms with van der Waals surface area (Å²) in [6.45, 7) is 4.53. The zero-order chi connectivity index (χ0) is 15.7. The average Bonchev–Trinajstić information content (AvgIpc) is 2.59. The lowest BCUT2D eigenvalue weighted by molar-refractivity contribution is 0.0626. The molecule has 2 rings (SSSR count). The number of hydrogen-bond donors (Lipinski definition) is 2. The Morgan fingerprint density at radius 2 is 1.91 bits per heavy atom.